The fourth-order valence-electron chi connectivity index (χ4n) is 4.03. The van der Waals surface area contributed by atoms with E-state index in [9.17, 15) is 0 Å². The lowest BCUT2D eigenvalue weighted by atomic mass is 9.83. The van der Waals surface area contributed by atoms with Gasteiger partial charge in [0.05, 0.1) is 0 Å². The third-order valence-electron chi connectivity index (χ3n) is 5.44. The summed E-state index contributed by atoms with van der Waals surface area (Å²) in [4.78, 5) is 0. The topological polar surface area (TPSA) is 12.0 Å². The number of para-hydroxylation sites is 1. The van der Waals surface area contributed by atoms with Crippen molar-refractivity contribution in [2.24, 2.45) is 5.41 Å². The van der Waals surface area contributed by atoms with Gasteiger partial charge in [0.2, 0.25) is 0 Å². The van der Waals surface area contributed by atoms with E-state index >= 15 is 0 Å². The number of allylic oxidation sites excluding steroid dienone is 9. The molecule has 1 aromatic rings. The van der Waals surface area contributed by atoms with Crippen LogP contribution >= 0.6 is 0 Å². The van der Waals surface area contributed by atoms with Gasteiger partial charge in [-0.05, 0) is 59.6 Å². The van der Waals surface area contributed by atoms with Gasteiger partial charge in [0, 0.05) is 16.8 Å². The van der Waals surface area contributed by atoms with Gasteiger partial charge < -0.3 is 5.32 Å². The second-order valence-electron chi connectivity index (χ2n) is 9.13. The Hall–Kier alpha value is -2.28. The van der Waals surface area contributed by atoms with Crippen molar-refractivity contribution in [2.75, 3.05) is 5.32 Å². The van der Waals surface area contributed by atoms with Gasteiger partial charge in [-0.2, -0.15) is 0 Å². The van der Waals surface area contributed by atoms with Crippen molar-refractivity contribution in [1.82, 2.24) is 0 Å². The Morgan fingerprint density at radius 1 is 1.07 bits per heavy atom. The highest BCUT2D eigenvalue weighted by molar-refractivity contribution is 5.64. The normalized spacial score (nSPS) is 19.5. The molecule has 0 heterocycles. The molecule has 0 atom stereocenters. The maximum Gasteiger partial charge on any atom is 0.0422 e. The SMILES string of the molecule is C/C=C(\C=C/C1=CC(C)(C)C2=CCCC=C12)Nc1ccccc1C(C)(C)C. The quantitative estimate of drug-likeness (QED) is 0.550. The minimum absolute atomic E-state index is 0.108. The van der Waals surface area contributed by atoms with Crippen molar-refractivity contribution in [2.45, 2.75) is 59.8 Å². The van der Waals surface area contributed by atoms with Crippen molar-refractivity contribution >= 4 is 5.69 Å². The molecule has 1 heteroatoms. The molecule has 0 fully saturated rings. The summed E-state index contributed by atoms with van der Waals surface area (Å²) in [5, 5.41) is 3.63. The van der Waals surface area contributed by atoms with E-state index in [-0.39, 0.29) is 10.8 Å². The summed E-state index contributed by atoms with van der Waals surface area (Å²) in [5.41, 5.74) is 8.13. The molecule has 0 aliphatic heterocycles. The molecule has 0 bridgehead atoms. The maximum absolute atomic E-state index is 3.63. The summed E-state index contributed by atoms with van der Waals surface area (Å²) in [5.74, 6) is 0. The number of rotatable bonds is 4. The first kappa shape index (κ1) is 19.5. The average Bonchev–Trinajstić information content (AvgIpc) is 2.89. The lowest BCUT2D eigenvalue weighted by molar-refractivity contribution is 0.592. The predicted octanol–water partition coefficient (Wildman–Crippen LogP) is 7.47. The molecule has 1 N–H and O–H groups in total. The molecule has 2 aliphatic rings. The second-order valence-corrected chi connectivity index (χ2v) is 9.13. The largest absolute Gasteiger partial charge is 0.356 e. The van der Waals surface area contributed by atoms with Gasteiger partial charge in [0.1, 0.15) is 0 Å². The first-order valence-corrected chi connectivity index (χ1v) is 10.1. The van der Waals surface area contributed by atoms with Crippen LogP contribution in [0.25, 0.3) is 0 Å². The summed E-state index contributed by atoms with van der Waals surface area (Å²) < 4.78 is 0. The van der Waals surface area contributed by atoms with Gasteiger partial charge in [-0.25, -0.2) is 0 Å². The standard InChI is InChI=1S/C26H33N/c1-7-20(27-24-15-11-10-14-23(24)25(2,3)4)17-16-19-18-26(5,6)22-13-9-8-12-21(19)22/h7,10-18,27H,8-9H2,1-6H3/b17-16-,20-7+. The molecule has 0 spiro atoms. The molecular weight excluding hydrogens is 326 g/mol. The lowest BCUT2D eigenvalue weighted by Gasteiger charge is -2.23. The van der Waals surface area contributed by atoms with Crippen LogP contribution in [0.5, 0.6) is 0 Å². The van der Waals surface area contributed by atoms with Crippen LogP contribution in [0.3, 0.4) is 0 Å². The number of anilines is 1. The van der Waals surface area contributed by atoms with E-state index in [1.807, 2.05) is 0 Å². The van der Waals surface area contributed by atoms with E-state index in [1.165, 1.54) is 34.4 Å². The Bertz CT molecular complexity index is 864. The minimum atomic E-state index is 0.108. The lowest BCUT2D eigenvalue weighted by Crippen LogP contribution is -2.14. The third kappa shape index (κ3) is 4.18. The van der Waals surface area contributed by atoms with E-state index in [0.29, 0.717) is 0 Å². The molecule has 0 unspecified atom stereocenters. The Labute approximate surface area is 165 Å². The van der Waals surface area contributed by atoms with E-state index in [0.717, 1.165) is 12.1 Å². The van der Waals surface area contributed by atoms with Crippen molar-refractivity contribution in [1.29, 1.82) is 0 Å². The zero-order valence-corrected chi connectivity index (χ0v) is 17.7. The first-order valence-electron chi connectivity index (χ1n) is 10.1. The molecule has 0 aromatic heterocycles. The third-order valence-corrected chi connectivity index (χ3v) is 5.44. The zero-order valence-electron chi connectivity index (χ0n) is 17.7. The summed E-state index contributed by atoms with van der Waals surface area (Å²) in [6.07, 6.45) is 16.2. The molecule has 2 aliphatic carbocycles. The first-order chi connectivity index (χ1) is 12.7. The molecule has 0 saturated carbocycles. The summed E-state index contributed by atoms with van der Waals surface area (Å²) >= 11 is 0. The Morgan fingerprint density at radius 3 is 2.48 bits per heavy atom. The highest BCUT2D eigenvalue weighted by atomic mass is 14.9. The summed E-state index contributed by atoms with van der Waals surface area (Å²) in [7, 11) is 0. The monoisotopic (exact) mass is 359 g/mol. The number of hydrogen-bond donors (Lipinski definition) is 1. The van der Waals surface area contributed by atoms with E-state index < -0.39 is 0 Å². The smallest absolute Gasteiger partial charge is 0.0422 e. The molecule has 27 heavy (non-hydrogen) atoms. The fraction of sp³-hybridized carbons (Fsp3) is 0.385. The Kier molecular flexibility index (Phi) is 5.33. The van der Waals surface area contributed by atoms with Crippen LogP contribution < -0.4 is 5.32 Å². The van der Waals surface area contributed by atoms with Crippen LogP contribution in [0.15, 0.2) is 83.1 Å². The van der Waals surface area contributed by atoms with Gasteiger partial charge in [-0.3, -0.25) is 0 Å². The van der Waals surface area contributed by atoms with Gasteiger partial charge in [-0.15, -0.1) is 0 Å². The van der Waals surface area contributed by atoms with Gasteiger partial charge in [0.25, 0.3) is 0 Å². The van der Waals surface area contributed by atoms with E-state index in [1.54, 1.807) is 0 Å². The van der Waals surface area contributed by atoms with Crippen LogP contribution in [0.2, 0.25) is 0 Å². The molecule has 3 rings (SSSR count). The van der Waals surface area contributed by atoms with Crippen LogP contribution in [0.1, 0.15) is 59.9 Å². The Balaban J connectivity index is 1.84. The molecule has 1 nitrogen and oxygen atoms in total. The van der Waals surface area contributed by atoms with E-state index in [2.05, 4.69) is 108 Å². The van der Waals surface area contributed by atoms with Crippen molar-refractivity contribution in [3.05, 3.63) is 88.7 Å². The molecule has 0 amide bonds. The average molecular weight is 360 g/mol. The number of fused-ring (bicyclic) bond motifs is 1. The van der Waals surface area contributed by atoms with Crippen LogP contribution in [-0.4, -0.2) is 0 Å². The number of benzene rings is 1. The molecule has 0 radical (unpaired) electrons. The fourth-order valence-corrected chi connectivity index (χ4v) is 4.03. The number of nitrogens with one attached hydrogen (secondary N) is 1. The highest BCUT2D eigenvalue weighted by Crippen LogP contribution is 2.46. The van der Waals surface area contributed by atoms with E-state index in [4.69, 9.17) is 0 Å². The summed E-state index contributed by atoms with van der Waals surface area (Å²) in [6.45, 7) is 13.5. The molecule has 0 saturated heterocycles. The van der Waals surface area contributed by atoms with Gasteiger partial charge >= 0.3 is 0 Å². The second kappa shape index (κ2) is 7.38. The minimum Gasteiger partial charge on any atom is -0.356 e. The maximum atomic E-state index is 3.63. The van der Waals surface area contributed by atoms with Crippen LogP contribution in [-0.2, 0) is 5.41 Å². The Morgan fingerprint density at radius 2 is 1.78 bits per heavy atom. The van der Waals surface area contributed by atoms with Gasteiger partial charge in [-0.1, -0.05) is 83.2 Å². The summed E-state index contributed by atoms with van der Waals surface area (Å²) in [6, 6.07) is 8.60. The molecular formula is C26H33N. The van der Waals surface area contributed by atoms with Crippen LogP contribution in [0, 0.1) is 5.41 Å². The van der Waals surface area contributed by atoms with Crippen LogP contribution in [0.4, 0.5) is 5.69 Å². The molecule has 1 aromatic carbocycles. The van der Waals surface area contributed by atoms with Crippen molar-refractivity contribution in [3.63, 3.8) is 0 Å². The highest BCUT2D eigenvalue weighted by Gasteiger charge is 2.32. The van der Waals surface area contributed by atoms with Crippen molar-refractivity contribution < 1.29 is 0 Å². The van der Waals surface area contributed by atoms with Gasteiger partial charge in [0.15, 0.2) is 0 Å². The number of hydrogen-bond acceptors (Lipinski definition) is 1. The van der Waals surface area contributed by atoms with Crippen molar-refractivity contribution in [3.8, 4) is 0 Å². The predicted molar refractivity (Wildman–Crippen MR) is 119 cm³/mol. The molecule has 142 valence electrons. The zero-order chi connectivity index (χ0) is 19.7.